The Labute approximate surface area is 105 Å². The summed E-state index contributed by atoms with van der Waals surface area (Å²) in [6.45, 7) is 2.54. The van der Waals surface area contributed by atoms with Gasteiger partial charge in [-0.2, -0.15) is 0 Å². The van der Waals surface area contributed by atoms with Crippen molar-refractivity contribution in [2.24, 2.45) is 0 Å². The zero-order valence-corrected chi connectivity index (χ0v) is 10.1. The molecule has 17 heavy (non-hydrogen) atoms. The van der Waals surface area contributed by atoms with E-state index in [4.69, 9.17) is 16.3 Å². The largest absolute Gasteiger partial charge is 0.544 e. The van der Waals surface area contributed by atoms with Gasteiger partial charge in [-0.3, -0.25) is 0 Å². The van der Waals surface area contributed by atoms with Crippen LogP contribution in [0.1, 0.15) is 11.6 Å². The number of carboxylic acids is 1. The molecular formula is C12H14ClNO3. The summed E-state index contributed by atoms with van der Waals surface area (Å²) >= 11 is 5.79. The van der Waals surface area contributed by atoms with E-state index in [2.05, 4.69) is 0 Å². The predicted octanol–water partition coefficient (Wildman–Crippen LogP) is -0.954. The average Bonchev–Trinajstić information content (AvgIpc) is 2.33. The standard InChI is InChI=1S/C12H14ClNO3/c13-10-3-1-9(2-4-10)11(12(15)16)14-5-7-17-8-6-14/h1-4,11H,5-8H2,(H,15,16)/t11-/m1/s1. The summed E-state index contributed by atoms with van der Waals surface area (Å²) < 4.78 is 5.23. The van der Waals surface area contributed by atoms with Crippen molar-refractivity contribution in [1.82, 2.24) is 0 Å². The molecule has 1 heterocycles. The number of halogens is 1. The number of carboxylic acid groups (broad SMARTS) is 1. The number of aliphatic carboxylic acids is 1. The van der Waals surface area contributed by atoms with E-state index in [1.165, 1.54) is 0 Å². The maximum absolute atomic E-state index is 11.3. The number of ether oxygens (including phenoxy) is 1. The maximum atomic E-state index is 11.3. The molecule has 0 amide bonds. The van der Waals surface area contributed by atoms with Gasteiger partial charge < -0.3 is 19.5 Å². The molecule has 1 fully saturated rings. The Balaban J connectivity index is 2.21. The van der Waals surface area contributed by atoms with Gasteiger partial charge in [0.05, 0.1) is 13.2 Å². The number of hydrogen-bond acceptors (Lipinski definition) is 3. The van der Waals surface area contributed by atoms with Gasteiger partial charge in [0, 0.05) is 10.6 Å². The lowest BCUT2D eigenvalue weighted by Gasteiger charge is -2.32. The Morgan fingerprint density at radius 2 is 1.88 bits per heavy atom. The van der Waals surface area contributed by atoms with Crippen molar-refractivity contribution >= 4 is 17.6 Å². The van der Waals surface area contributed by atoms with Crippen molar-refractivity contribution in [3.8, 4) is 0 Å². The second-order valence-corrected chi connectivity index (χ2v) is 4.51. The zero-order chi connectivity index (χ0) is 12.3. The van der Waals surface area contributed by atoms with Gasteiger partial charge in [0.25, 0.3) is 0 Å². The number of carbonyl (C=O) groups excluding carboxylic acids is 1. The summed E-state index contributed by atoms with van der Waals surface area (Å²) in [5.74, 6) is -1.05. The van der Waals surface area contributed by atoms with Gasteiger partial charge in [0.1, 0.15) is 19.1 Å². The zero-order valence-electron chi connectivity index (χ0n) is 9.32. The summed E-state index contributed by atoms with van der Waals surface area (Å²) in [5.41, 5.74) is 0.728. The Kier molecular flexibility index (Phi) is 3.99. The minimum Gasteiger partial charge on any atom is -0.544 e. The van der Waals surface area contributed by atoms with Crippen molar-refractivity contribution in [3.63, 3.8) is 0 Å². The fourth-order valence-corrected chi connectivity index (χ4v) is 2.24. The number of nitrogens with one attached hydrogen (secondary N) is 1. The summed E-state index contributed by atoms with van der Waals surface area (Å²) in [6, 6.07) is 6.24. The molecule has 0 spiro atoms. The van der Waals surface area contributed by atoms with Gasteiger partial charge >= 0.3 is 0 Å². The predicted molar refractivity (Wildman–Crippen MR) is 60.7 cm³/mol. The van der Waals surface area contributed by atoms with Crippen LogP contribution in [-0.2, 0) is 9.53 Å². The normalized spacial score (nSPS) is 18.9. The second-order valence-electron chi connectivity index (χ2n) is 4.07. The topological polar surface area (TPSA) is 53.8 Å². The van der Waals surface area contributed by atoms with Gasteiger partial charge in [-0.1, -0.05) is 23.7 Å². The van der Waals surface area contributed by atoms with Crippen molar-refractivity contribution in [2.45, 2.75) is 6.04 Å². The quantitative estimate of drug-likeness (QED) is 0.758. The van der Waals surface area contributed by atoms with Gasteiger partial charge in [0.15, 0.2) is 6.04 Å². The molecule has 1 aliphatic heterocycles. The first-order valence-corrected chi connectivity index (χ1v) is 5.95. The van der Waals surface area contributed by atoms with E-state index in [1.807, 2.05) is 0 Å². The van der Waals surface area contributed by atoms with E-state index in [-0.39, 0.29) is 0 Å². The van der Waals surface area contributed by atoms with Crippen LogP contribution >= 0.6 is 11.6 Å². The molecule has 1 N–H and O–H groups in total. The summed E-state index contributed by atoms with van der Waals surface area (Å²) in [4.78, 5) is 12.2. The monoisotopic (exact) mass is 255 g/mol. The van der Waals surface area contributed by atoms with Crippen LogP contribution < -0.4 is 10.0 Å². The van der Waals surface area contributed by atoms with Crippen LogP contribution in [0.5, 0.6) is 0 Å². The van der Waals surface area contributed by atoms with Crippen LogP contribution in [0.3, 0.4) is 0 Å². The minimum absolute atomic E-state index is 0.590. The van der Waals surface area contributed by atoms with Gasteiger partial charge in [-0.25, -0.2) is 0 Å². The molecular weight excluding hydrogens is 242 g/mol. The molecule has 2 rings (SSSR count). The van der Waals surface area contributed by atoms with Crippen molar-refractivity contribution in [2.75, 3.05) is 26.3 Å². The molecule has 0 bridgehead atoms. The molecule has 92 valence electrons. The van der Waals surface area contributed by atoms with E-state index >= 15 is 0 Å². The fourth-order valence-electron chi connectivity index (χ4n) is 2.12. The van der Waals surface area contributed by atoms with Gasteiger partial charge in [-0.15, -0.1) is 0 Å². The van der Waals surface area contributed by atoms with E-state index in [0.29, 0.717) is 31.3 Å². The highest BCUT2D eigenvalue weighted by Gasteiger charge is 2.27. The lowest BCUT2D eigenvalue weighted by molar-refractivity contribution is -0.932. The molecule has 0 saturated carbocycles. The molecule has 0 radical (unpaired) electrons. The lowest BCUT2D eigenvalue weighted by Crippen LogP contribution is -3.15. The molecule has 4 nitrogen and oxygen atoms in total. The van der Waals surface area contributed by atoms with E-state index in [9.17, 15) is 9.90 Å². The smallest absolute Gasteiger partial charge is 0.153 e. The number of hydrogen-bond donors (Lipinski definition) is 1. The van der Waals surface area contributed by atoms with Crippen LogP contribution in [0.25, 0.3) is 0 Å². The molecule has 1 saturated heterocycles. The molecule has 1 atom stereocenters. The van der Waals surface area contributed by atoms with E-state index in [0.717, 1.165) is 10.5 Å². The van der Waals surface area contributed by atoms with Crippen LogP contribution in [0.15, 0.2) is 24.3 Å². The van der Waals surface area contributed by atoms with E-state index < -0.39 is 12.0 Å². The highest BCUT2D eigenvalue weighted by Crippen LogP contribution is 2.14. The van der Waals surface area contributed by atoms with Crippen molar-refractivity contribution in [3.05, 3.63) is 34.9 Å². The third-order valence-electron chi connectivity index (χ3n) is 2.98. The van der Waals surface area contributed by atoms with Crippen molar-refractivity contribution < 1.29 is 19.5 Å². The summed E-state index contributed by atoms with van der Waals surface area (Å²) in [7, 11) is 0. The van der Waals surface area contributed by atoms with Crippen LogP contribution in [-0.4, -0.2) is 32.3 Å². The molecule has 1 aromatic rings. The van der Waals surface area contributed by atoms with Gasteiger partial charge in [-0.05, 0) is 12.1 Å². The molecule has 0 aliphatic carbocycles. The van der Waals surface area contributed by atoms with Crippen LogP contribution in [0.2, 0.25) is 5.02 Å². The fraction of sp³-hybridized carbons (Fsp3) is 0.417. The first-order chi connectivity index (χ1) is 8.18. The lowest BCUT2D eigenvalue weighted by atomic mass is 10.1. The van der Waals surface area contributed by atoms with Gasteiger partial charge in [0.2, 0.25) is 0 Å². The van der Waals surface area contributed by atoms with Crippen molar-refractivity contribution in [1.29, 1.82) is 0 Å². The Bertz CT molecular complexity index is 387. The van der Waals surface area contributed by atoms with E-state index in [1.54, 1.807) is 24.3 Å². The number of rotatable bonds is 3. The Morgan fingerprint density at radius 1 is 1.29 bits per heavy atom. The third kappa shape index (κ3) is 2.97. The Hall–Kier alpha value is -1.10. The molecule has 0 aromatic heterocycles. The number of quaternary nitrogens is 1. The van der Waals surface area contributed by atoms with Crippen LogP contribution in [0.4, 0.5) is 0 Å². The molecule has 5 heteroatoms. The SMILES string of the molecule is O=C([O-])[C@@H](c1ccc(Cl)cc1)[NH+]1CCOCC1. The summed E-state index contributed by atoms with van der Waals surface area (Å²) in [6.07, 6.45) is 0. The highest BCUT2D eigenvalue weighted by atomic mass is 35.5. The second kappa shape index (κ2) is 5.49. The third-order valence-corrected chi connectivity index (χ3v) is 3.23. The van der Waals surface area contributed by atoms with Crippen LogP contribution in [0, 0.1) is 0 Å². The average molecular weight is 256 g/mol. The number of carbonyl (C=O) groups is 1. The Morgan fingerprint density at radius 3 is 2.41 bits per heavy atom. The highest BCUT2D eigenvalue weighted by molar-refractivity contribution is 6.30. The minimum atomic E-state index is -1.05. The first kappa shape index (κ1) is 12.4. The number of benzene rings is 1. The summed E-state index contributed by atoms with van der Waals surface area (Å²) in [5, 5.41) is 11.9. The first-order valence-electron chi connectivity index (χ1n) is 5.57. The molecule has 1 aliphatic rings. The molecule has 0 unspecified atom stereocenters. The maximum Gasteiger partial charge on any atom is 0.153 e. The molecule has 1 aromatic carbocycles. The number of morpholine rings is 1.